The Balaban J connectivity index is 0.00000324. The monoisotopic (exact) mass is 414 g/mol. The Labute approximate surface area is 141 Å². The van der Waals surface area contributed by atoms with Crippen molar-refractivity contribution in [1.82, 2.24) is 15.6 Å². The number of thioether (sulfide) groups is 1. The zero-order chi connectivity index (χ0) is 13.4. The Bertz CT molecular complexity index is 380. The fourth-order valence-electron chi connectivity index (χ4n) is 1.32. The molecule has 2 N–H and O–H groups in total. The summed E-state index contributed by atoms with van der Waals surface area (Å²) in [6.45, 7) is 5.98. The molecule has 0 amide bonds. The van der Waals surface area contributed by atoms with E-state index in [1.54, 1.807) is 18.4 Å². The highest BCUT2D eigenvalue weighted by atomic mass is 127. The van der Waals surface area contributed by atoms with Crippen molar-refractivity contribution < 1.29 is 0 Å². The summed E-state index contributed by atoms with van der Waals surface area (Å²) in [6, 6.07) is 0. The number of nitrogens with one attached hydrogen (secondary N) is 2. The highest BCUT2D eigenvalue weighted by molar-refractivity contribution is 14.0. The number of nitrogens with zero attached hydrogens (tertiary/aromatic N) is 2. The van der Waals surface area contributed by atoms with Gasteiger partial charge in [-0.25, -0.2) is 4.98 Å². The van der Waals surface area contributed by atoms with Gasteiger partial charge in [0.25, 0.3) is 0 Å². The minimum atomic E-state index is 0. The van der Waals surface area contributed by atoms with Crippen molar-refractivity contribution in [1.29, 1.82) is 0 Å². The molecule has 110 valence electrons. The topological polar surface area (TPSA) is 49.3 Å². The molecule has 4 nitrogen and oxygen atoms in total. The molecule has 0 spiro atoms. The first-order valence-corrected chi connectivity index (χ1v) is 8.32. The van der Waals surface area contributed by atoms with Gasteiger partial charge in [-0.1, -0.05) is 13.8 Å². The van der Waals surface area contributed by atoms with Crippen molar-refractivity contribution >= 4 is 53.0 Å². The third-order valence-corrected chi connectivity index (χ3v) is 3.87. The average molecular weight is 414 g/mol. The summed E-state index contributed by atoms with van der Waals surface area (Å²) in [4.78, 5) is 8.76. The summed E-state index contributed by atoms with van der Waals surface area (Å²) in [5.74, 6) is 2.41. The van der Waals surface area contributed by atoms with Crippen molar-refractivity contribution in [3.8, 4) is 0 Å². The van der Waals surface area contributed by atoms with Gasteiger partial charge >= 0.3 is 0 Å². The second-order valence-corrected chi connectivity index (χ2v) is 6.09. The van der Waals surface area contributed by atoms with Crippen LogP contribution >= 0.6 is 47.1 Å². The number of rotatable bonds is 6. The van der Waals surface area contributed by atoms with Crippen LogP contribution in [0.15, 0.2) is 10.4 Å². The molecule has 1 aromatic heterocycles. The van der Waals surface area contributed by atoms with E-state index < -0.39 is 0 Å². The summed E-state index contributed by atoms with van der Waals surface area (Å²) in [5.41, 5.74) is 1.17. The van der Waals surface area contributed by atoms with Crippen LogP contribution in [0.25, 0.3) is 0 Å². The fraction of sp³-hybridized carbons (Fsp3) is 0.667. The maximum absolute atomic E-state index is 4.58. The van der Waals surface area contributed by atoms with E-state index in [-0.39, 0.29) is 24.0 Å². The molecule has 0 aliphatic rings. The van der Waals surface area contributed by atoms with Gasteiger partial charge in [-0.15, -0.1) is 35.3 Å². The molecule has 0 aliphatic heterocycles. The van der Waals surface area contributed by atoms with Crippen LogP contribution in [0.1, 0.15) is 30.5 Å². The van der Waals surface area contributed by atoms with Gasteiger partial charge in [0.05, 0.1) is 12.2 Å². The van der Waals surface area contributed by atoms with Gasteiger partial charge in [-0.05, 0) is 12.2 Å². The fourth-order valence-corrected chi connectivity index (χ4v) is 2.52. The molecule has 1 aromatic rings. The number of halogens is 1. The van der Waals surface area contributed by atoms with E-state index in [2.05, 4.69) is 46.1 Å². The van der Waals surface area contributed by atoms with Crippen LogP contribution in [0.3, 0.4) is 0 Å². The molecule has 19 heavy (non-hydrogen) atoms. The highest BCUT2D eigenvalue weighted by Crippen LogP contribution is 2.17. The minimum Gasteiger partial charge on any atom is -0.356 e. The van der Waals surface area contributed by atoms with Gasteiger partial charge in [-0.3, -0.25) is 4.99 Å². The maximum Gasteiger partial charge on any atom is 0.191 e. The maximum atomic E-state index is 4.58. The summed E-state index contributed by atoms with van der Waals surface area (Å²) in [6.07, 6.45) is 2.10. The normalized spacial score (nSPS) is 11.3. The number of guanidine groups is 1. The molecule has 0 unspecified atom stereocenters. The van der Waals surface area contributed by atoms with E-state index in [0.717, 1.165) is 29.8 Å². The van der Waals surface area contributed by atoms with Gasteiger partial charge in [0, 0.05) is 24.7 Å². The summed E-state index contributed by atoms with van der Waals surface area (Å²) >= 11 is 3.52. The summed E-state index contributed by atoms with van der Waals surface area (Å²) in [7, 11) is 1.79. The Morgan fingerprint density at radius 2 is 2.21 bits per heavy atom. The van der Waals surface area contributed by atoms with Crippen LogP contribution in [0.4, 0.5) is 0 Å². The van der Waals surface area contributed by atoms with Crippen molar-refractivity contribution in [2.75, 3.05) is 25.6 Å². The molecule has 1 rings (SSSR count). The van der Waals surface area contributed by atoms with Crippen molar-refractivity contribution in [2.24, 2.45) is 4.99 Å². The first kappa shape index (κ1) is 19.0. The lowest BCUT2D eigenvalue weighted by Gasteiger charge is -2.09. The van der Waals surface area contributed by atoms with Crippen molar-refractivity contribution in [3.05, 3.63) is 16.1 Å². The van der Waals surface area contributed by atoms with Gasteiger partial charge in [-0.2, -0.15) is 11.8 Å². The Kier molecular flexibility index (Phi) is 10.7. The van der Waals surface area contributed by atoms with E-state index in [9.17, 15) is 0 Å². The molecule has 0 radical (unpaired) electrons. The van der Waals surface area contributed by atoms with Crippen LogP contribution in [-0.2, 0) is 6.54 Å². The molecular formula is C12H23IN4S2. The zero-order valence-electron chi connectivity index (χ0n) is 11.9. The minimum absolute atomic E-state index is 0. The van der Waals surface area contributed by atoms with Gasteiger partial charge in [0.15, 0.2) is 5.96 Å². The molecule has 0 bridgehead atoms. The van der Waals surface area contributed by atoms with E-state index in [4.69, 9.17) is 0 Å². The van der Waals surface area contributed by atoms with Crippen LogP contribution < -0.4 is 10.6 Å². The molecule has 0 aromatic carbocycles. The molecule has 0 fully saturated rings. The van der Waals surface area contributed by atoms with E-state index in [0.29, 0.717) is 5.92 Å². The van der Waals surface area contributed by atoms with Crippen LogP contribution in [0.2, 0.25) is 0 Å². The molecule has 0 saturated heterocycles. The molecular weight excluding hydrogens is 391 g/mol. The second-order valence-electron chi connectivity index (χ2n) is 4.17. The Morgan fingerprint density at radius 1 is 1.47 bits per heavy atom. The first-order chi connectivity index (χ1) is 8.67. The lowest BCUT2D eigenvalue weighted by Crippen LogP contribution is -2.37. The second kappa shape index (κ2) is 10.7. The Morgan fingerprint density at radius 3 is 2.74 bits per heavy atom. The largest absolute Gasteiger partial charge is 0.356 e. The molecule has 0 saturated carbocycles. The quantitative estimate of drug-likeness (QED) is 0.325. The lowest BCUT2D eigenvalue weighted by atomic mass is 10.2. The molecule has 7 heteroatoms. The van der Waals surface area contributed by atoms with Crippen LogP contribution in [-0.4, -0.2) is 36.5 Å². The van der Waals surface area contributed by atoms with Gasteiger partial charge < -0.3 is 10.6 Å². The van der Waals surface area contributed by atoms with E-state index >= 15 is 0 Å². The van der Waals surface area contributed by atoms with E-state index in [1.165, 1.54) is 5.69 Å². The van der Waals surface area contributed by atoms with Crippen LogP contribution in [0, 0.1) is 0 Å². The van der Waals surface area contributed by atoms with Gasteiger partial charge in [0.1, 0.15) is 5.01 Å². The van der Waals surface area contributed by atoms with Crippen molar-refractivity contribution in [2.45, 2.75) is 26.3 Å². The third-order valence-electron chi connectivity index (χ3n) is 2.39. The van der Waals surface area contributed by atoms with Gasteiger partial charge in [0.2, 0.25) is 0 Å². The first-order valence-electron chi connectivity index (χ1n) is 6.05. The summed E-state index contributed by atoms with van der Waals surface area (Å²) < 4.78 is 0. The molecule has 0 aliphatic carbocycles. The average Bonchev–Trinajstić information content (AvgIpc) is 2.82. The molecule has 0 atom stereocenters. The number of hydrogen-bond acceptors (Lipinski definition) is 4. The standard InChI is InChI=1S/C12H22N4S2.HI/c1-9(2)10-8-18-11(16-10)7-15-12(13-3)14-5-6-17-4;/h8-9H,5-7H2,1-4H3,(H2,13,14,15);1H. The number of hydrogen-bond donors (Lipinski definition) is 2. The SMILES string of the molecule is CN=C(NCCSC)NCc1nc(C(C)C)cs1.I. The van der Waals surface area contributed by atoms with E-state index in [1.807, 2.05) is 11.8 Å². The summed E-state index contributed by atoms with van der Waals surface area (Å²) in [5, 5.41) is 9.77. The number of aliphatic imine (C=N–C) groups is 1. The Hall–Kier alpha value is -0.0200. The smallest absolute Gasteiger partial charge is 0.191 e. The zero-order valence-corrected chi connectivity index (χ0v) is 15.9. The third kappa shape index (κ3) is 7.36. The van der Waals surface area contributed by atoms with Crippen molar-refractivity contribution in [3.63, 3.8) is 0 Å². The lowest BCUT2D eigenvalue weighted by molar-refractivity contribution is 0.794. The predicted molar refractivity (Wildman–Crippen MR) is 98.2 cm³/mol. The predicted octanol–water partition coefficient (Wildman–Crippen LogP) is 2.91. The number of thiazole rings is 1. The number of aromatic nitrogens is 1. The van der Waals surface area contributed by atoms with Crippen LogP contribution in [0.5, 0.6) is 0 Å². The highest BCUT2D eigenvalue weighted by Gasteiger charge is 2.06. The molecule has 1 heterocycles.